The molecular weight excluding hydrogens is 368 g/mol. The molecule has 150 valence electrons. The molecule has 2 aliphatic rings. The second kappa shape index (κ2) is 8.07. The van der Waals surface area contributed by atoms with Crippen molar-refractivity contribution < 1.29 is 10.0 Å². The highest BCUT2D eigenvalue weighted by Gasteiger charge is 2.40. The Kier molecular flexibility index (Phi) is 5.12. The molecule has 1 saturated heterocycles. The van der Waals surface area contributed by atoms with Gasteiger partial charge < -0.3 is 10.0 Å². The maximum Gasteiger partial charge on any atom is 0.139 e. The number of quaternary nitrogens is 1. The molecule has 3 heteroatoms. The third kappa shape index (κ3) is 3.33. The van der Waals surface area contributed by atoms with Crippen LogP contribution >= 0.6 is 0 Å². The van der Waals surface area contributed by atoms with Crippen molar-refractivity contribution in [3.05, 3.63) is 89.7 Å². The number of benzene rings is 2. The summed E-state index contributed by atoms with van der Waals surface area (Å²) in [5.74, 6) is 6.73. The molecule has 0 spiro atoms. The van der Waals surface area contributed by atoms with Crippen molar-refractivity contribution >= 4 is 0 Å². The Hall–Kier alpha value is -2.93. The third-order valence-electron chi connectivity index (χ3n) is 6.64. The molecule has 0 bridgehead atoms. The summed E-state index contributed by atoms with van der Waals surface area (Å²) in [5.41, 5.74) is 4.47. The Morgan fingerprint density at radius 1 is 0.933 bits per heavy atom. The highest BCUT2D eigenvalue weighted by Crippen LogP contribution is 2.48. The molecule has 2 N–H and O–H groups in total. The smallest absolute Gasteiger partial charge is 0.139 e. The van der Waals surface area contributed by atoms with Crippen LogP contribution in [0.25, 0.3) is 11.1 Å². The highest BCUT2D eigenvalue weighted by atomic mass is 16.3. The van der Waals surface area contributed by atoms with Gasteiger partial charge in [0.2, 0.25) is 0 Å². The summed E-state index contributed by atoms with van der Waals surface area (Å²) in [6.45, 7) is 1.95. The van der Waals surface area contributed by atoms with Crippen LogP contribution in [0.5, 0.6) is 0 Å². The van der Waals surface area contributed by atoms with Crippen LogP contribution in [-0.2, 0) is 5.60 Å². The van der Waals surface area contributed by atoms with Gasteiger partial charge in [0.15, 0.2) is 0 Å². The van der Waals surface area contributed by atoms with Crippen molar-refractivity contribution in [3.63, 3.8) is 0 Å². The fraction of sp³-hybridized carbons (Fsp3) is 0.296. The zero-order valence-electron chi connectivity index (χ0n) is 17.1. The lowest BCUT2D eigenvalue weighted by molar-refractivity contribution is -0.930. The van der Waals surface area contributed by atoms with Crippen LogP contribution in [-0.4, -0.2) is 23.2 Å². The standard InChI is InChI=1S/C27H26N2O/c30-27(24-13-3-1-11-22(24)23-12-2-4-14-25(23)27)16-6-8-19-29-18-7-5-15-26(29)21-10-9-17-28-20-21/h1-4,9-14,17,20,26,30H,5,7,15-16,18-19H2/p+1/t26-/m0/s1. The van der Waals surface area contributed by atoms with E-state index in [9.17, 15) is 5.11 Å². The van der Waals surface area contributed by atoms with Gasteiger partial charge in [-0.25, -0.2) is 0 Å². The molecule has 1 aliphatic carbocycles. The second-order valence-corrected chi connectivity index (χ2v) is 8.40. The van der Waals surface area contributed by atoms with Gasteiger partial charge in [-0.1, -0.05) is 60.5 Å². The predicted molar refractivity (Wildman–Crippen MR) is 119 cm³/mol. The van der Waals surface area contributed by atoms with Gasteiger partial charge in [-0.3, -0.25) is 4.98 Å². The molecule has 2 aromatic carbocycles. The second-order valence-electron chi connectivity index (χ2n) is 8.40. The van der Waals surface area contributed by atoms with Crippen molar-refractivity contribution in [2.45, 2.75) is 37.3 Å². The number of nitrogens with one attached hydrogen (secondary N) is 1. The topological polar surface area (TPSA) is 37.6 Å². The fourth-order valence-electron chi connectivity index (χ4n) is 5.13. The first-order chi connectivity index (χ1) is 14.8. The summed E-state index contributed by atoms with van der Waals surface area (Å²) >= 11 is 0. The van der Waals surface area contributed by atoms with Crippen molar-refractivity contribution in [1.29, 1.82) is 0 Å². The molecular formula is C27H27N2O+. The number of aliphatic hydroxyl groups is 1. The summed E-state index contributed by atoms with van der Waals surface area (Å²) in [4.78, 5) is 5.83. The first kappa shape index (κ1) is 19.1. The van der Waals surface area contributed by atoms with Crippen molar-refractivity contribution in [2.75, 3.05) is 13.1 Å². The number of likely N-dealkylation sites (tertiary alicyclic amines) is 1. The van der Waals surface area contributed by atoms with E-state index in [1.165, 1.54) is 29.7 Å². The lowest BCUT2D eigenvalue weighted by atomic mass is 9.88. The lowest BCUT2D eigenvalue weighted by Gasteiger charge is -2.31. The van der Waals surface area contributed by atoms with Gasteiger partial charge in [0.1, 0.15) is 18.2 Å². The summed E-state index contributed by atoms with van der Waals surface area (Å²) in [6.07, 6.45) is 7.96. The molecule has 1 unspecified atom stereocenters. The molecule has 2 heterocycles. The molecule has 3 aromatic rings. The molecule has 0 amide bonds. The van der Waals surface area contributed by atoms with E-state index in [4.69, 9.17) is 0 Å². The molecule has 5 rings (SSSR count). The average Bonchev–Trinajstić information content (AvgIpc) is 3.07. The number of fused-ring (bicyclic) bond motifs is 3. The summed E-state index contributed by atoms with van der Waals surface area (Å²) in [6, 6.07) is 21.0. The van der Waals surface area contributed by atoms with Crippen LogP contribution in [0.15, 0.2) is 73.1 Å². The van der Waals surface area contributed by atoms with E-state index in [1.807, 2.05) is 54.9 Å². The SMILES string of the molecule is OC1(CC#CC[NH+]2CCCC[C@H]2c2cccnc2)c2ccccc2-c2ccccc21. The van der Waals surface area contributed by atoms with Crippen LogP contribution in [0, 0.1) is 11.8 Å². The van der Waals surface area contributed by atoms with Gasteiger partial charge >= 0.3 is 0 Å². The number of hydrogen-bond donors (Lipinski definition) is 2. The number of nitrogens with zero attached hydrogens (tertiary/aromatic N) is 1. The van der Waals surface area contributed by atoms with E-state index in [0.29, 0.717) is 12.5 Å². The van der Waals surface area contributed by atoms with Gasteiger partial charge in [-0.05, 0) is 47.1 Å². The van der Waals surface area contributed by atoms with Crippen LogP contribution in [0.2, 0.25) is 0 Å². The highest BCUT2D eigenvalue weighted by molar-refractivity contribution is 5.80. The van der Waals surface area contributed by atoms with E-state index < -0.39 is 5.60 Å². The minimum atomic E-state index is -1.03. The van der Waals surface area contributed by atoms with E-state index in [-0.39, 0.29) is 0 Å². The van der Waals surface area contributed by atoms with Crippen LogP contribution in [0.4, 0.5) is 0 Å². The molecule has 1 aromatic heterocycles. The first-order valence-electron chi connectivity index (χ1n) is 10.9. The molecule has 1 aliphatic heterocycles. The predicted octanol–water partition coefficient (Wildman–Crippen LogP) is 3.50. The number of hydrogen-bond acceptors (Lipinski definition) is 2. The Labute approximate surface area is 178 Å². The van der Waals surface area contributed by atoms with Gasteiger partial charge in [-0.2, -0.15) is 0 Å². The van der Waals surface area contributed by atoms with Gasteiger partial charge in [0, 0.05) is 30.8 Å². The Morgan fingerprint density at radius 3 is 2.37 bits per heavy atom. The van der Waals surface area contributed by atoms with Crippen molar-refractivity contribution in [1.82, 2.24) is 4.98 Å². The average molecular weight is 396 g/mol. The quantitative estimate of drug-likeness (QED) is 0.666. The van der Waals surface area contributed by atoms with Crippen molar-refractivity contribution in [3.8, 4) is 23.0 Å². The zero-order valence-corrected chi connectivity index (χ0v) is 17.1. The maximum absolute atomic E-state index is 11.6. The Balaban J connectivity index is 1.36. The minimum Gasteiger partial charge on any atom is -0.379 e. The van der Waals surface area contributed by atoms with Crippen LogP contribution < -0.4 is 4.90 Å². The van der Waals surface area contributed by atoms with Gasteiger partial charge in [0.25, 0.3) is 0 Å². The molecule has 0 saturated carbocycles. The fourth-order valence-corrected chi connectivity index (χ4v) is 5.13. The van der Waals surface area contributed by atoms with E-state index in [0.717, 1.165) is 35.3 Å². The summed E-state index contributed by atoms with van der Waals surface area (Å²) in [5, 5.41) is 11.6. The minimum absolute atomic E-state index is 0.422. The number of piperidine rings is 1. The number of pyridine rings is 1. The molecule has 2 atom stereocenters. The van der Waals surface area contributed by atoms with E-state index in [2.05, 4.69) is 35.0 Å². The largest absolute Gasteiger partial charge is 0.379 e. The molecule has 30 heavy (non-hydrogen) atoms. The van der Waals surface area contributed by atoms with Crippen molar-refractivity contribution in [2.24, 2.45) is 0 Å². The zero-order chi connectivity index (χ0) is 20.4. The molecule has 0 radical (unpaired) electrons. The number of aromatic nitrogens is 1. The summed E-state index contributed by atoms with van der Waals surface area (Å²) < 4.78 is 0. The number of rotatable bonds is 3. The van der Waals surface area contributed by atoms with Gasteiger partial charge in [-0.15, -0.1) is 0 Å². The maximum atomic E-state index is 11.6. The third-order valence-corrected chi connectivity index (χ3v) is 6.64. The van der Waals surface area contributed by atoms with E-state index in [1.54, 1.807) is 0 Å². The van der Waals surface area contributed by atoms with Crippen LogP contribution in [0.3, 0.4) is 0 Å². The normalized spacial score (nSPS) is 21.2. The Bertz CT molecular complexity index is 1050. The first-order valence-corrected chi connectivity index (χ1v) is 10.9. The lowest BCUT2D eigenvalue weighted by Crippen LogP contribution is -3.13. The van der Waals surface area contributed by atoms with Gasteiger partial charge in [0.05, 0.1) is 6.54 Å². The Morgan fingerprint density at radius 2 is 1.67 bits per heavy atom. The molecule has 3 nitrogen and oxygen atoms in total. The van der Waals surface area contributed by atoms with E-state index >= 15 is 0 Å². The molecule has 1 fully saturated rings. The van der Waals surface area contributed by atoms with Crippen LogP contribution in [0.1, 0.15) is 48.4 Å². The summed E-state index contributed by atoms with van der Waals surface area (Å²) in [7, 11) is 0. The monoisotopic (exact) mass is 395 g/mol.